The van der Waals surface area contributed by atoms with Crippen molar-refractivity contribution < 1.29 is 14.3 Å². The molecular formula is C16H26O3. The van der Waals surface area contributed by atoms with E-state index < -0.39 is 5.97 Å². The van der Waals surface area contributed by atoms with Gasteiger partial charge in [-0.3, -0.25) is 9.59 Å². The zero-order valence-electron chi connectivity index (χ0n) is 12.2. The molecule has 0 aromatic carbocycles. The molecule has 1 saturated heterocycles. The van der Waals surface area contributed by atoms with Crippen molar-refractivity contribution in [1.29, 1.82) is 0 Å². The molecule has 0 spiro atoms. The second-order valence-electron chi connectivity index (χ2n) is 5.39. The van der Waals surface area contributed by atoms with E-state index in [1.165, 1.54) is 44.9 Å². The summed E-state index contributed by atoms with van der Waals surface area (Å²) < 4.78 is 4.56. The SMILES string of the molecule is CCCCCC(C=CC1CC(=O)OC1=O)CCCC. The summed E-state index contributed by atoms with van der Waals surface area (Å²) in [6, 6.07) is 0. The fraction of sp³-hybridized carbons (Fsp3) is 0.750. The lowest BCUT2D eigenvalue weighted by atomic mass is 9.93. The first-order chi connectivity index (χ1) is 9.17. The van der Waals surface area contributed by atoms with Gasteiger partial charge in [-0.2, -0.15) is 0 Å². The van der Waals surface area contributed by atoms with Crippen molar-refractivity contribution in [2.75, 3.05) is 0 Å². The summed E-state index contributed by atoms with van der Waals surface area (Å²) in [5.74, 6) is -0.586. The Kier molecular flexibility index (Phi) is 7.46. The standard InChI is InChI=1S/C16H26O3/c1-3-5-7-9-13(8-6-4-2)10-11-14-12-15(17)19-16(14)18/h10-11,13-14H,3-9,12H2,1-2H3. The smallest absolute Gasteiger partial charge is 0.321 e. The Bertz CT molecular complexity index is 320. The second-order valence-corrected chi connectivity index (χ2v) is 5.39. The van der Waals surface area contributed by atoms with Gasteiger partial charge in [0.2, 0.25) is 0 Å². The van der Waals surface area contributed by atoms with Crippen LogP contribution in [0.4, 0.5) is 0 Å². The minimum atomic E-state index is -0.393. The molecule has 0 N–H and O–H groups in total. The van der Waals surface area contributed by atoms with Crippen molar-refractivity contribution in [3.8, 4) is 0 Å². The molecule has 19 heavy (non-hydrogen) atoms. The second kappa shape index (κ2) is 8.89. The van der Waals surface area contributed by atoms with Gasteiger partial charge >= 0.3 is 11.9 Å². The van der Waals surface area contributed by atoms with Crippen LogP contribution in [0.5, 0.6) is 0 Å². The van der Waals surface area contributed by atoms with E-state index in [1.54, 1.807) is 0 Å². The highest BCUT2D eigenvalue weighted by molar-refractivity contribution is 5.95. The fourth-order valence-corrected chi connectivity index (χ4v) is 2.39. The molecule has 0 radical (unpaired) electrons. The van der Waals surface area contributed by atoms with Crippen molar-refractivity contribution in [2.24, 2.45) is 11.8 Å². The van der Waals surface area contributed by atoms with E-state index in [2.05, 4.69) is 24.7 Å². The van der Waals surface area contributed by atoms with Gasteiger partial charge in [-0.1, -0.05) is 58.1 Å². The predicted molar refractivity (Wildman–Crippen MR) is 75.5 cm³/mol. The Morgan fingerprint density at radius 2 is 1.84 bits per heavy atom. The van der Waals surface area contributed by atoms with Gasteiger partial charge in [0.15, 0.2) is 0 Å². The number of unbranched alkanes of at least 4 members (excludes halogenated alkanes) is 3. The Balaban J connectivity index is 2.45. The Hall–Kier alpha value is -1.12. The molecule has 3 nitrogen and oxygen atoms in total. The third kappa shape index (κ3) is 6.04. The minimum absolute atomic E-state index is 0.213. The highest BCUT2D eigenvalue weighted by atomic mass is 16.6. The van der Waals surface area contributed by atoms with Gasteiger partial charge in [-0.05, 0) is 18.8 Å². The number of esters is 2. The minimum Gasteiger partial charge on any atom is -0.393 e. The lowest BCUT2D eigenvalue weighted by molar-refractivity contribution is -0.152. The molecule has 0 aliphatic carbocycles. The third-order valence-electron chi connectivity index (χ3n) is 3.63. The summed E-state index contributed by atoms with van der Waals surface area (Å²) in [5, 5.41) is 0. The first-order valence-electron chi connectivity index (χ1n) is 7.60. The van der Waals surface area contributed by atoms with Crippen molar-refractivity contribution in [3.05, 3.63) is 12.2 Å². The van der Waals surface area contributed by atoms with Gasteiger partial charge in [0.05, 0.1) is 12.3 Å². The maximum Gasteiger partial charge on any atom is 0.321 e. The Morgan fingerprint density at radius 3 is 2.42 bits per heavy atom. The number of carbonyl (C=O) groups is 2. The topological polar surface area (TPSA) is 43.4 Å². The molecule has 2 atom stereocenters. The molecule has 108 valence electrons. The van der Waals surface area contributed by atoms with Crippen molar-refractivity contribution in [2.45, 2.75) is 65.2 Å². The van der Waals surface area contributed by atoms with E-state index in [9.17, 15) is 9.59 Å². The first kappa shape index (κ1) is 15.9. The van der Waals surface area contributed by atoms with Gasteiger partial charge < -0.3 is 4.74 Å². The zero-order chi connectivity index (χ0) is 14.1. The number of hydrogen-bond acceptors (Lipinski definition) is 3. The molecule has 0 amide bonds. The lowest BCUT2D eigenvalue weighted by Gasteiger charge is -2.12. The van der Waals surface area contributed by atoms with Gasteiger partial charge in [-0.25, -0.2) is 0 Å². The van der Waals surface area contributed by atoms with Crippen LogP contribution in [0.3, 0.4) is 0 Å². The molecule has 2 unspecified atom stereocenters. The van der Waals surface area contributed by atoms with E-state index in [-0.39, 0.29) is 18.3 Å². The monoisotopic (exact) mass is 266 g/mol. The number of rotatable bonds is 9. The van der Waals surface area contributed by atoms with E-state index in [0.29, 0.717) is 5.92 Å². The molecule has 1 heterocycles. The molecule has 1 aliphatic rings. The van der Waals surface area contributed by atoms with Crippen LogP contribution in [-0.2, 0) is 14.3 Å². The largest absolute Gasteiger partial charge is 0.393 e. The highest BCUT2D eigenvalue weighted by Gasteiger charge is 2.31. The van der Waals surface area contributed by atoms with Crippen LogP contribution in [0.25, 0.3) is 0 Å². The van der Waals surface area contributed by atoms with Crippen LogP contribution < -0.4 is 0 Å². The Labute approximate surface area is 116 Å². The van der Waals surface area contributed by atoms with Crippen LogP contribution in [0.2, 0.25) is 0 Å². The molecule has 1 rings (SSSR count). The zero-order valence-corrected chi connectivity index (χ0v) is 12.2. The van der Waals surface area contributed by atoms with Crippen LogP contribution in [-0.4, -0.2) is 11.9 Å². The number of carbonyl (C=O) groups excluding carboxylic acids is 2. The molecule has 0 aromatic rings. The molecule has 3 heteroatoms. The molecule has 1 fully saturated rings. The van der Waals surface area contributed by atoms with Gasteiger partial charge in [0.1, 0.15) is 0 Å². The number of hydrogen-bond donors (Lipinski definition) is 0. The van der Waals surface area contributed by atoms with Crippen LogP contribution in [0.15, 0.2) is 12.2 Å². The normalized spacial score (nSPS) is 21.1. The van der Waals surface area contributed by atoms with Gasteiger partial charge in [0, 0.05) is 0 Å². The molecule has 0 bridgehead atoms. The number of cyclic esters (lactones) is 2. The van der Waals surface area contributed by atoms with E-state index in [4.69, 9.17) is 0 Å². The van der Waals surface area contributed by atoms with Crippen molar-refractivity contribution >= 4 is 11.9 Å². The fourth-order valence-electron chi connectivity index (χ4n) is 2.39. The van der Waals surface area contributed by atoms with Crippen LogP contribution >= 0.6 is 0 Å². The highest BCUT2D eigenvalue weighted by Crippen LogP contribution is 2.22. The Morgan fingerprint density at radius 1 is 1.16 bits per heavy atom. The third-order valence-corrected chi connectivity index (χ3v) is 3.63. The van der Waals surface area contributed by atoms with E-state index in [0.717, 1.165) is 0 Å². The van der Waals surface area contributed by atoms with Crippen LogP contribution in [0.1, 0.15) is 65.2 Å². The van der Waals surface area contributed by atoms with E-state index >= 15 is 0 Å². The lowest BCUT2D eigenvalue weighted by Crippen LogP contribution is -2.05. The summed E-state index contributed by atoms with van der Waals surface area (Å²) in [7, 11) is 0. The van der Waals surface area contributed by atoms with Crippen molar-refractivity contribution in [1.82, 2.24) is 0 Å². The first-order valence-corrected chi connectivity index (χ1v) is 7.60. The number of allylic oxidation sites excluding steroid dienone is 1. The van der Waals surface area contributed by atoms with E-state index in [1.807, 2.05) is 6.08 Å². The average Bonchev–Trinajstić information content (AvgIpc) is 2.70. The van der Waals surface area contributed by atoms with Crippen LogP contribution in [0, 0.1) is 11.8 Å². The quantitative estimate of drug-likeness (QED) is 0.274. The summed E-state index contributed by atoms with van der Waals surface area (Å²) in [6.07, 6.45) is 12.7. The molecule has 0 saturated carbocycles. The van der Waals surface area contributed by atoms with Gasteiger partial charge in [-0.15, -0.1) is 0 Å². The van der Waals surface area contributed by atoms with Crippen molar-refractivity contribution in [3.63, 3.8) is 0 Å². The summed E-state index contributed by atoms with van der Waals surface area (Å²) in [5.41, 5.74) is 0. The molecular weight excluding hydrogens is 240 g/mol. The predicted octanol–water partition coefficient (Wildman–Crippen LogP) is 4.02. The summed E-state index contributed by atoms with van der Waals surface area (Å²) >= 11 is 0. The number of ether oxygens (including phenoxy) is 1. The summed E-state index contributed by atoms with van der Waals surface area (Å²) in [4.78, 5) is 22.4. The summed E-state index contributed by atoms with van der Waals surface area (Å²) in [6.45, 7) is 4.40. The maximum atomic E-state index is 11.4. The van der Waals surface area contributed by atoms with Gasteiger partial charge in [0.25, 0.3) is 0 Å². The molecule has 1 aliphatic heterocycles. The average molecular weight is 266 g/mol. The molecule has 0 aromatic heterocycles. The maximum absolute atomic E-state index is 11.4.